The number of rotatable bonds is 3. The molecule has 3 rings (SSSR count). The molecule has 106 valence electrons. The van der Waals surface area contributed by atoms with E-state index in [1.807, 2.05) is 6.07 Å². The zero-order valence-corrected chi connectivity index (χ0v) is 11.8. The van der Waals surface area contributed by atoms with E-state index in [0.29, 0.717) is 21.4 Å². The fourth-order valence-corrected chi connectivity index (χ4v) is 2.55. The van der Waals surface area contributed by atoms with Crippen LogP contribution in [0.3, 0.4) is 0 Å². The van der Waals surface area contributed by atoms with E-state index in [2.05, 4.69) is 25.8 Å². The number of nitrogens with one attached hydrogen (secondary N) is 1. The molecule has 0 radical (unpaired) electrons. The molecular weight excluding hydrogens is 290 g/mol. The van der Waals surface area contributed by atoms with E-state index in [1.165, 1.54) is 11.0 Å². The van der Waals surface area contributed by atoms with Crippen molar-refractivity contribution in [3.8, 4) is 5.69 Å². The van der Waals surface area contributed by atoms with Crippen LogP contribution < -0.4 is 11.1 Å². The number of nitrogen functional groups attached to an aromatic ring is 1. The summed E-state index contributed by atoms with van der Waals surface area (Å²) in [6, 6.07) is 7.20. The standard InChI is InChI=1S/C12H11N7OS/c1-7-10(21-12(13)15-7)11(20)16-8-3-2-4-9(5-8)19-6-14-17-18-19/h2-6H,1H3,(H2,13,15)(H,16,20). The predicted octanol–water partition coefficient (Wildman–Crippen LogP) is 1.26. The molecule has 0 unspecified atom stereocenters. The molecule has 3 aromatic rings. The van der Waals surface area contributed by atoms with Crippen molar-refractivity contribution in [1.29, 1.82) is 0 Å². The SMILES string of the molecule is Cc1nc(N)sc1C(=O)Nc1cccc(-n2cnnn2)c1. The molecule has 0 fully saturated rings. The monoisotopic (exact) mass is 301 g/mol. The third kappa shape index (κ3) is 2.72. The molecule has 8 nitrogen and oxygen atoms in total. The third-order valence-corrected chi connectivity index (χ3v) is 3.72. The lowest BCUT2D eigenvalue weighted by Gasteiger charge is -2.06. The van der Waals surface area contributed by atoms with E-state index in [0.717, 1.165) is 17.0 Å². The summed E-state index contributed by atoms with van der Waals surface area (Å²) < 4.78 is 1.51. The lowest BCUT2D eigenvalue weighted by Crippen LogP contribution is -2.11. The fourth-order valence-electron chi connectivity index (χ4n) is 1.82. The molecule has 9 heteroatoms. The lowest BCUT2D eigenvalue weighted by molar-refractivity contribution is 0.103. The van der Waals surface area contributed by atoms with Gasteiger partial charge in [-0.05, 0) is 35.5 Å². The summed E-state index contributed by atoms with van der Waals surface area (Å²) in [4.78, 5) is 16.7. The molecule has 0 saturated heterocycles. The molecule has 2 heterocycles. The van der Waals surface area contributed by atoms with Crippen LogP contribution in [0.15, 0.2) is 30.6 Å². The lowest BCUT2D eigenvalue weighted by atomic mass is 10.2. The van der Waals surface area contributed by atoms with Gasteiger partial charge in [0.15, 0.2) is 5.13 Å². The highest BCUT2D eigenvalue weighted by atomic mass is 32.1. The van der Waals surface area contributed by atoms with E-state index in [9.17, 15) is 4.79 Å². The number of aryl methyl sites for hydroxylation is 1. The van der Waals surface area contributed by atoms with Gasteiger partial charge in [0, 0.05) is 5.69 Å². The van der Waals surface area contributed by atoms with E-state index in [-0.39, 0.29) is 5.91 Å². The number of hydrogen-bond acceptors (Lipinski definition) is 7. The third-order valence-electron chi connectivity index (χ3n) is 2.74. The van der Waals surface area contributed by atoms with Crippen LogP contribution in [0, 0.1) is 6.92 Å². The second kappa shape index (κ2) is 5.29. The molecule has 0 atom stereocenters. The number of anilines is 2. The van der Waals surface area contributed by atoms with Gasteiger partial charge in [-0.2, -0.15) is 0 Å². The van der Waals surface area contributed by atoms with Crippen molar-refractivity contribution in [2.75, 3.05) is 11.1 Å². The minimum absolute atomic E-state index is 0.240. The number of carbonyl (C=O) groups is 1. The number of amides is 1. The maximum absolute atomic E-state index is 12.2. The summed E-state index contributed by atoms with van der Waals surface area (Å²) in [7, 11) is 0. The molecule has 21 heavy (non-hydrogen) atoms. The predicted molar refractivity (Wildman–Crippen MR) is 78.4 cm³/mol. The first-order valence-electron chi connectivity index (χ1n) is 6.01. The number of nitrogens with zero attached hydrogens (tertiary/aromatic N) is 5. The molecule has 2 aromatic heterocycles. The molecule has 0 aliphatic carbocycles. The topological polar surface area (TPSA) is 112 Å². The number of thiazole rings is 1. The van der Waals surface area contributed by atoms with Crippen LogP contribution in [-0.2, 0) is 0 Å². The maximum atomic E-state index is 12.2. The van der Waals surface area contributed by atoms with E-state index < -0.39 is 0 Å². The first kappa shape index (κ1) is 13.2. The molecule has 3 N–H and O–H groups in total. The highest BCUT2D eigenvalue weighted by molar-refractivity contribution is 7.17. The average molecular weight is 301 g/mol. The minimum atomic E-state index is -0.240. The smallest absolute Gasteiger partial charge is 0.267 e. The zero-order valence-electron chi connectivity index (χ0n) is 11.0. The minimum Gasteiger partial charge on any atom is -0.375 e. The van der Waals surface area contributed by atoms with Crippen molar-refractivity contribution < 1.29 is 4.79 Å². The number of nitrogens with two attached hydrogens (primary N) is 1. The normalized spacial score (nSPS) is 10.5. The molecule has 1 aromatic carbocycles. The van der Waals surface area contributed by atoms with E-state index >= 15 is 0 Å². The van der Waals surface area contributed by atoms with Gasteiger partial charge in [-0.3, -0.25) is 4.79 Å². The van der Waals surface area contributed by atoms with Crippen LogP contribution in [0.4, 0.5) is 10.8 Å². The van der Waals surface area contributed by atoms with Gasteiger partial charge in [0.1, 0.15) is 11.2 Å². The largest absolute Gasteiger partial charge is 0.375 e. The second-order valence-corrected chi connectivity index (χ2v) is 5.26. The van der Waals surface area contributed by atoms with Crippen molar-refractivity contribution in [2.24, 2.45) is 0 Å². The van der Waals surface area contributed by atoms with E-state index in [1.54, 1.807) is 25.1 Å². The molecule has 0 bridgehead atoms. The summed E-state index contributed by atoms with van der Waals surface area (Å²) in [6.07, 6.45) is 1.48. The Morgan fingerprint density at radius 2 is 2.29 bits per heavy atom. The number of carbonyl (C=O) groups excluding carboxylic acids is 1. The van der Waals surface area contributed by atoms with Crippen molar-refractivity contribution in [3.05, 3.63) is 41.2 Å². The average Bonchev–Trinajstić information content (AvgIpc) is 3.08. The molecule has 0 aliphatic rings. The van der Waals surface area contributed by atoms with Gasteiger partial charge in [0.25, 0.3) is 5.91 Å². The Balaban J connectivity index is 1.84. The molecule has 0 spiro atoms. The summed E-state index contributed by atoms with van der Waals surface area (Å²) in [6.45, 7) is 1.75. The number of benzene rings is 1. The van der Waals surface area contributed by atoms with Gasteiger partial charge in [-0.25, -0.2) is 9.67 Å². The van der Waals surface area contributed by atoms with Crippen LogP contribution in [0.1, 0.15) is 15.4 Å². The van der Waals surface area contributed by atoms with Crippen molar-refractivity contribution in [2.45, 2.75) is 6.92 Å². The van der Waals surface area contributed by atoms with Gasteiger partial charge in [0.05, 0.1) is 11.4 Å². The fraction of sp³-hybridized carbons (Fsp3) is 0.0833. The van der Waals surface area contributed by atoms with Crippen LogP contribution in [-0.4, -0.2) is 31.1 Å². The van der Waals surface area contributed by atoms with Crippen molar-refractivity contribution in [3.63, 3.8) is 0 Å². The zero-order chi connectivity index (χ0) is 14.8. The van der Waals surface area contributed by atoms with Gasteiger partial charge in [0.2, 0.25) is 0 Å². The summed E-state index contributed by atoms with van der Waals surface area (Å²) in [5.74, 6) is -0.240. The Hall–Kier alpha value is -2.81. The van der Waals surface area contributed by atoms with Crippen LogP contribution in [0.25, 0.3) is 5.69 Å². The molecule has 0 aliphatic heterocycles. The Kier molecular flexibility index (Phi) is 3.32. The Labute approximate surface area is 123 Å². The van der Waals surface area contributed by atoms with Gasteiger partial charge < -0.3 is 11.1 Å². The number of hydrogen-bond donors (Lipinski definition) is 2. The second-order valence-electron chi connectivity index (χ2n) is 4.23. The highest BCUT2D eigenvalue weighted by Gasteiger charge is 2.14. The van der Waals surface area contributed by atoms with Crippen LogP contribution >= 0.6 is 11.3 Å². The van der Waals surface area contributed by atoms with Crippen molar-refractivity contribution >= 4 is 28.1 Å². The maximum Gasteiger partial charge on any atom is 0.267 e. The summed E-state index contributed by atoms with van der Waals surface area (Å²) in [5, 5.41) is 14.1. The van der Waals surface area contributed by atoms with Crippen LogP contribution in [0.5, 0.6) is 0 Å². The highest BCUT2D eigenvalue weighted by Crippen LogP contribution is 2.21. The first-order chi connectivity index (χ1) is 10.1. The summed E-state index contributed by atoms with van der Waals surface area (Å²) in [5.41, 5.74) is 7.60. The Morgan fingerprint density at radius 3 is 2.95 bits per heavy atom. The van der Waals surface area contributed by atoms with Gasteiger partial charge >= 0.3 is 0 Å². The number of tetrazole rings is 1. The van der Waals surface area contributed by atoms with Crippen molar-refractivity contribution in [1.82, 2.24) is 25.2 Å². The number of aromatic nitrogens is 5. The molecule has 1 amide bonds. The Morgan fingerprint density at radius 1 is 1.43 bits per heavy atom. The molecular formula is C12H11N7OS. The van der Waals surface area contributed by atoms with Gasteiger partial charge in [-0.15, -0.1) is 5.10 Å². The first-order valence-corrected chi connectivity index (χ1v) is 6.83. The van der Waals surface area contributed by atoms with Gasteiger partial charge in [-0.1, -0.05) is 17.4 Å². The van der Waals surface area contributed by atoms with E-state index in [4.69, 9.17) is 5.73 Å². The Bertz CT molecular complexity index is 781. The quantitative estimate of drug-likeness (QED) is 0.753. The van der Waals surface area contributed by atoms with Crippen LogP contribution in [0.2, 0.25) is 0 Å². The summed E-state index contributed by atoms with van der Waals surface area (Å²) >= 11 is 1.16. The molecule has 0 saturated carbocycles.